The number of carbonyl (C=O) groups is 1. The average Bonchev–Trinajstić information content (AvgIpc) is 2.99. The lowest BCUT2D eigenvalue weighted by atomic mass is 10.2. The summed E-state index contributed by atoms with van der Waals surface area (Å²) in [6.07, 6.45) is 4.51. The Morgan fingerprint density at radius 1 is 1.42 bits per heavy atom. The first kappa shape index (κ1) is 15.7. The summed E-state index contributed by atoms with van der Waals surface area (Å²) in [5.41, 5.74) is 0.987. The van der Waals surface area contributed by atoms with Crippen molar-refractivity contribution >= 4 is 22.4 Å². The number of hydrogen-bond donors (Lipinski definition) is 0. The van der Waals surface area contributed by atoms with Crippen molar-refractivity contribution in [3.05, 3.63) is 22.8 Å². The zero-order chi connectivity index (χ0) is 16.7. The van der Waals surface area contributed by atoms with Gasteiger partial charge in [0.05, 0.1) is 11.7 Å². The van der Waals surface area contributed by atoms with E-state index in [0.717, 1.165) is 48.5 Å². The summed E-state index contributed by atoms with van der Waals surface area (Å²) in [6.45, 7) is 3.30. The van der Waals surface area contributed by atoms with Crippen LogP contribution in [0.5, 0.6) is 0 Å². The van der Waals surface area contributed by atoms with Crippen LogP contribution in [0.25, 0.3) is 0 Å². The van der Waals surface area contributed by atoms with Crippen LogP contribution < -0.4 is 4.90 Å². The second-order valence-electron chi connectivity index (χ2n) is 6.59. The number of thiazole rings is 1. The molecule has 4 rings (SSSR count). The predicted molar refractivity (Wildman–Crippen MR) is 89.9 cm³/mol. The molecule has 0 spiro atoms. The van der Waals surface area contributed by atoms with Crippen molar-refractivity contribution in [3.63, 3.8) is 0 Å². The van der Waals surface area contributed by atoms with Gasteiger partial charge in [-0.15, -0.1) is 11.3 Å². The third-order valence-corrected chi connectivity index (χ3v) is 5.68. The minimum absolute atomic E-state index is 0.00523. The highest BCUT2D eigenvalue weighted by Gasteiger charge is 2.34. The minimum atomic E-state index is -0.00523. The molecule has 8 heteroatoms. The van der Waals surface area contributed by atoms with Gasteiger partial charge in [-0.05, 0) is 32.2 Å². The molecule has 128 valence electrons. The molecule has 0 radical (unpaired) electrons. The highest BCUT2D eigenvalue weighted by atomic mass is 32.1. The fourth-order valence-corrected chi connectivity index (χ4v) is 3.88. The topological polar surface area (TPSA) is 75.4 Å². The van der Waals surface area contributed by atoms with Gasteiger partial charge in [0.25, 0.3) is 0 Å². The maximum absolute atomic E-state index is 11.5. The molecule has 1 atom stereocenters. The quantitative estimate of drug-likeness (QED) is 0.828. The van der Waals surface area contributed by atoms with E-state index >= 15 is 0 Å². The van der Waals surface area contributed by atoms with E-state index in [-0.39, 0.29) is 11.9 Å². The van der Waals surface area contributed by atoms with Gasteiger partial charge in [-0.3, -0.25) is 14.6 Å². The smallest absolute Gasteiger partial charge is 0.229 e. The fraction of sp³-hybridized carbons (Fsp3) is 0.625. The van der Waals surface area contributed by atoms with Gasteiger partial charge in [-0.2, -0.15) is 4.98 Å². The van der Waals surface area contributed by atoms with Crippen molar-refractivity contribution < 1.29 is 9.32 Å². The summed E-state index contributed by atoms with van der Waals surface area (Å²) in [6, 6.07) is 0.205. The number of amides is 1. The van der Waals surface area contributed by atoms with Gasteiger partial charge in [-0.1, -0.05) is 5.16 Å². The van der Waals surface area contributed by atoms with Crippen LogP contribution in [-0.4, -0.2) is 39.5 Å². The normalized spacial score (nSPS) is 21.3. The second kappa shape index (κ2) is 6.25. The number of aromatic nitrogens is 3. The zero-order valence-electron chi connectivity index (χ0n) is 13.9. The molecule has 0 unspecified atom stereocenters. The summed E-state index contributed by atoms with van der Waals surface area (Å²) >= 11 is 1.50. The van der Waals surface area contributed by atoms with Crippen LogP contribution in [0.3, 0.4) is 0 Å². The summed E-state index contributed by atoms with van der Waals surface area (Å²) in [4.78, 5) is 24.6. The maximum atomic E-state index is 11.5. The molecule has 1 aliphatic heterocycles. The Morgan fingerprint density at radius 3 is 3.00 bits per heavy atom. The molecular weight excluding hydrogens is 326 g/mol. The Balaban J connectivity index is 1.45. The van der Waals surface area contributed by atoms with Gasteiger partial charge >= 0.3 is 0 Å². The lowest BCUT2D eigenvalue weighted by Gasteiger charge is -2.20. The monoisotopic (exact) mass is 347 g/mol. The van der Waals surface area contributed by atoms with Crippen molar-refractivity contribution in [1.29, 1.82) is 0 Å². The second-order valence-corrected chi connectivity index (χ2v) is 7.43. The van der Waals surface area contributed by atoms with Gasteiger partial charge < -0.3 is 4.52 Å². The van der Waals surface area contributed by atoms with E-state index in [1.54, 1.807) is 18.9 Å². The fourth-order valence-electron chi connectivity index (χ4n) is 3.05. The standard InChI is InChI=1S/C16H21N5O2S/c1-10(22)20(2)16-17-12(9-24-16)8-21-7-3-4-13(21)14-18-15(23-19-14)11-5-6-11/h9,11,13H,3-8H2,1-2H3/t13-/m1/s1. The molecule has 1 amide bonds. The van der Waals surface area contributed by atoms with Crippen molar-refractivity contribution in [2.24, 2.45) is 0 Å². The molecule has 1 saturated carbocycles. The van der Waals surface area contributed by atoms with Gasteiger partial charge in [0, 0.05) is 31.8 Å². The maximum Gasteiger partial charge on any atom is 0.229 e. The van der Waals surface area contributed by atoms with E-state index in [9.17, 15) is 4.79 Å². The van der Waals surface area contributed by atoms with Crippen LogP contribution in [-0.2, 0) is 11.3 Å². The molecule has 24 heavy (non-hydrogen) atoms. The van der Waals surface area contributed by atoms with Crippen LogP contribution in [0, 0.1) is 0 Å². The first-order valence-electron chi connectivity index (χ1n) is 8.38. The van der Waals surface area contributed by atoms with Gasteiger partial charge in [0.15, 0.2) is 11.0 Å². The lowest BCUT2D eigenvalue weighted by Crippen LogP contribution is -2.24. The number of carbonyl (C=O) groups excluding carboxylic acids is 1. The zero-order valence-corrected chi connectivity index (χ0v) is 14.8. The number of anilines is 1. The Labute approximate surface area is 144 Å². The predicted octanol–water partition coefficient (Wildman–Crippen LogP) is 2.72. The molecule has 2 aromatic heterocycles. The Kier molecular flexibility index (Phi) is 4.09. The van der Waals surface area contributed by atoms with E-state index < -0.39 is 0 Å². The van der Waals surface area contributed by atoms with Crippen molar-refractivity contribution in [2.45, 2.75) is 51.1 Å². The molecule has 2 aromatic rings. The van der Waals surface area contributed by atoms with Crippen LogP contribution >= 0.6 is 11.3 Å². The lowest BCUT2D eigenvalue weighted by molar-refractivity contribution is -0.116. The molecule has 7 nitrogen and oxygen atoms in total. The molecule has 1 aliphatic carbocycles. The number of rotatable bonds is 5. The largest absolute Gasteiger partial charge is 0.339 e. The van der Waals surface area contributed by atoms with E-state index in [0.29, 0.717) is 5.92 Å². The summed E-state index contributed by atoms with van der Waals surface area (Å²) in [5.74, 6) is 2.10. The van der Waals surface area contributed by atoms with Gasteiger partial charge in [-0.25, -0.2) is 4.98 Å². The minimum Gasteiger partial charge on any atom is -0.339 e. The van der Waals surface area contributed by atoms with Gasteiger partial charge in [0.1, 0.15) is 0 Å². The van der Waals surface area contributed by atoms with Crippen molar-refractivity contribution in [2.75, 3.05) is 18.5 Å². The molecule has 0 bridgehead atoms. The molecule has 2 aliphatic rings. The molecule has 2 fully saturated rings. The van der Waals surface area contributed by atoms with E-state index in [1.165, 1.54) is 24.2 Å². The highest BCUT2D eigenvalue weighted by Crippen LogP contribution is 2.40. The first-order chi connectivity index (χ1) is 11.6. The molecule has 0 N–H and O–H groups in total. The molecule has 0 aromatic carbocycles. The number of hydrogen-bond acceptors (Lipinski definition) is 7. The van der Waals surface area contributed by atoms with Crippen LogP contribution in [0.4, 0.5) is 5.13 Å². The highest BCUT2D eigenvalue weighted by molar-refractivity contribution is 7.14. The van der Waals surface area contributed by atoms with E-state index in [4.69, 9.17) is 4.52 Å². The summed E-state index contributed by atoms with van der Waals surface area (Å²) in [5, 5.41) is 6.97. The SMILES string of the molecule is CC(=O)N(C)c1nc(CN2CCC[C@@H]2c2noc(C3CC3)n2)cs1. The van der Waals surface area contributed by atoms with E-state index in [1.807, 2.05) is 5.38 Å². The summed E-state index contributed by atoms with van der Waals surface area (Å²) < 4.78 is 5.42. The molecule has 1 saturated heterocycles. The molecule has 3 heterocycles. The van der Waals surface area contributed by atoms with Crippen molar-refractivity contribution in [1.82, 2.24) is 20.0 Å². The summed E-state index contributed by atoms with van der Waals surface area (Å²) in [7, 11) is 1.75. The number of nitrogens with zero attached hydrogens (tertiary/aromatic N) is 5. The number of likely N-dealkylation sites (tertiary alicyclic amines) is 1. The van der Waals surface area contributed by atoms with Crippen LogP contribution in [0.2, 0.25) is 0 Å². The first-order valence-corrected chi connectivity index (χ1v) is 9.26. The van der Waals surface area contributed by atoms with E-state index in [2.05, 4.69) is 20.0 Å². The van der Waals surface area contributed by atoms with Crippen LogP contribution in [0.1, 0.15) is 62.0 Å². The Morgan fingerprint density at radius 2 is 2.25 bits per heavy atom. The molecular formula is C16H21N5O2S. The third kappa shape index (κ3) is 3.08. The van der Waals surface area contributed by atoms with Crippen molar-refractivity contribution in [3.8, 4) is 0 Å². The Bertz CT molecular complexity index is 738. The Hall–Kier alpha value is -1.80. The third-order valence-electron chi connectivity index (χ3n) is 4.71. The van der Waals surface area contributed by atoms with Gasteiger partial charge in [0.2, 0.25) is 11.8 Å². The average molecular weight is 347 g/mol. The van der Waals surface area contributed by atoms with Crippen LogP contribution in [0.15, 0.2) is 9.90 Å².